The Morgan fingerprint density at radius 1 is 0.680 bits per heavy atom. The molecule has 0 unspecified atom stereocenters. The molecule has 0 saturated carbocycles. The van der Waals surface area contributed by atoms with Crippen molar-refractivity contribution in [2.75, 3.05) is 6.61 Å². The molecule has 4 rings (SSSR count). The third-order valence-electron chi connectivity index (χ3n) is 10.2. The minimum absolute atomic E-state index is 0.0911. The van der Waals surface area contributed by atoms with Crippen LogP contribution in [-0.2, 0) is 52.4 Å². The van der Waals surface area contributed by atoms with E-state index in [9.17, 15) is 4.79 Å². The van der Waals surface area contributed by atoms with E-state index in [1.54, 1.807) is 6.08 Å². The maximum Gasteiger partial charge on any atom is 0.373 e. The Hall–Kier alpha value is -3.06. The monoisotopic (exact) mass is 718 g/mol. The van der Waals surface area contributed by atoms with E-state index in [0.29, 0.717) is 13.2 Å². The van der Waals surface area contributed by atoms with Crippen LogP contribution in [0.4, 0.5) is 0 Å². The summed E-state index contributed by atoms with van der Waals surface area (Å²) in [7, 11) is -4.79. The zero-order valence-corrected chi connectivity index (χ0v) is 33.7. The van der Waals surface area contributed by atoms with Crippen LogP contribution in [0.3, 0.4) is 0 Å². The third kappa shape index (κ3) is 11.0. The second-order valence-electron chi connectivity index (χ2n) is 16.2. The Labute approximate surface area is 302 Å². The SMILES string of the molecule is CC(C)(C)[Si](C)(C)O[C@H]1[C@@H]([C@@H](COCc2ccccc2)OCc2ccccc2)OC(C(=O)OCc2ccccc2)=C[C@H]1O[Si](C)(C)C(C)(C)C. The summed E-state index contributed by atoms with van der Waals surface area (Å²) in [5, 5.41) is -0.186. The fourth-order valence-corrected chi connectivity index (χ4v) is 7.57. The van der Waals surface area contributed by atoms with Gasteiger partial charge in [0, 0.05) is 0 Å². The molecule has 0 fully saturated rings. The van der Waals surface area contributed by atoms with E-state index in [0.717, 1.165) is 16.7 Å². The van der Waals surface area contributed by atoms with Crippen LogP contribution in [0, 0.1) is 0 Å². The van der Waals surface area contributed by atoms with Gasteiger partial charge in [0.15, 0.2) is 22.7 Å². The molecule has 0 aromatic heterocycles. The van der Waals surface area contributed by atoms with Gasteiger partial charge in [-0.25, -0.2) is 4.79 Å². The molecule has 9 heteroatoms. The van der Waals surface area contributed by atoms with Gasteiger partial charge in [0.2, 0.25) is 5.76 Å². The summed E-state index contributed by atoms with van der Waals surface area (Å²) in [5.74, 6) is -0.457. The average molecular weight is 719 g/mol. The molecular formula is C41H58O7Si2. The van der Waals surface area contributed by atoms with E-state index >= 15 is 0 Å². The van der Waals surface area contributed by atoms with E-state index in [1.807, 2.05) is 91.0 Å². The third-order valence-corrected chi connectivity index (χ3v) is 19.1. The number of rotatable bonds is 15. The fourth-order valence-electron chi connectivity index (χ4n) is 5.03. The van der Waals surface area contributed by atoms with Gasteiger partial charge in [-0.15, -0.1) is 0 Å². The van der Waals surface area contributed by atoms with Crippen molar-refractivity contribution in [3.05, 3.63) is 120 Å². The van der Waals surface area contributed by atoms with Gasteiger partial charge in [-0.2, -0.15) is 0 Å². The Bertz CT molecular complexity index is 1510. The molecule has 0 saturated heterocycles. The highest BCUT2D eigenvalue weighted by Gasteiger charge is 2.51. The lowest BCUT2D eigenvalue weighted by molar-refractivity contribution is -0.168. The van der Waals surface area contributed by atoms with Crippen molar-refractivity contribution in [3.8, 4) is 0 Å². The lowest BCUT2D eigenvalue weighted by Gasteiger charge is -2.48. The number of carbonyl (C=O) groups is 1. The maximum atomic E-state index is 13.8. The van der Waals surface area contributed by atoms with Crippen molar-refractivity contribution < 1.29 is 32.6 Å². The molecule has 1 heterocycles. The van der Waals surface area contributed by atoms with Crippen molar-refractivity contribution >= 4 is 22.6 Å². The largest absolute Gasteiger partial charge is 0.478 e. The van der Waals surface area contributed by atoms with Crippen LogP contribution >= 0.6 is 0 Å². The summed E-state index contributed by atoms with van der Waals surface area (Å²) in [6, 6.07) is 29.7. The van der Waals surface area contributed by atoms with Crippen LogP contribution in [0.5, 0.6) is 0 Å². The first-order valence-corrected chi connectivity index (χ1v) is 23.5. The van der Waals surface area contributed by atoms with Crippen LogP contribution in [0.1, 0.15) is 58.2 Å². The van der Waals surface area contributed by atoms with E-state index in [1.165, 1.54) is 0 Å². The standard InChI is InChI=1S/C41H58O7Si2/c1-40(2,3)49(7,8)47-34-26-35(39(42)45-29-33-24-18-13-19-25-33)46-37(38(34)48-50(9,10)41(4,5)6)36(44-28-32-22-16-12-17-23-32)30-43-27-31-20-14-11-15-21-31/h11-26,34,36-38H,27-30H2,1-10H3/t34-,36-,37-,38-/m1/s1. The summed E-state index contributed by atoms with van der Waals surface area (Å²) in [5.41, 5.74) is 2.96. The van der Waals surface area contributed by atoms with Crippen LogP contribution in [0.25, 0.3) is 0 Å². The van der Waals surface area contributed by atoms with Gasteiger partial charge in [-0.3, -0.25) is 0 Å². The normalized spacial score (nSPS) is 19.3. The van der Waals surface area contributed by atoms with Crippen molar-refractivity contribution in [1.82, 2.24) is 0 Å². The smallest absolute Gasteiger partial charge is 0.373 e. The van der Waals surface area contributed by atoms with Gasteiger partial charge < -0.3 is 27.8 Å². The molecule has 0 radical (unpaired) electrons. The Balaban J connectivity index is 1.76. The molecule has 3 aromatic carbocycles. The summed E-state index contributed by atoms with van der Waals surface area (Å²) < 4.78 is 40.0. The van der Waals surface area contributed by atoms with Gasteiger partial charge in [0.05, 0.1) is 25.9 Å². The van der Waals surface area contributed by atoms with Gasteiger partial charge in [-0.1, -0.05) is 133 Å². The van der Waals surface area contributed by atoms with E-state index in [-0.39, 0.29) is 29.0 Å². The number of ether oxygens (including phenoxy) is 4. The Morgan fingerprint density at radius 3 is 1.64 bits per heavy atom. The van der Waals surface area contributed by atoms with Crippen molar-refractivity contribution in [2.45, 2.75) is 122 Å². The first-order chi connectivity index (χ1) is 23.5. The molecule has 0 N–H and O–H groups in total. The average Bonchev–Trinajstić information content (AvgIpc) is 3.06. The molecule has 3 aromatic rings. The second kappa shape index (κ2) is 17.0. The first kappa shape index (κ1) is 39.7. The van der Waals surface area contributed by atoms with Gasteiger partial charge >= 0.3 is 5.97 Å². The predicted molar refractivity (Wildman–Crippen MR) is 204 cm³/mol. The molecule has 0 spiro atoms. The molecular weight excluding hydrogens is 661 g/mol. The predicted octanol–water partition coefficient (Wildman–Crippen LogP) is 9.60. The highest BCUT2D eigenvalue weighted by Crippen LogP contribution is 2.43. The minimum atomic E-state index is -2.41. The number of benzene rings is 3. The number of hydrogen-bond acceptors (Lipinski definition) is 7. The van der Waals surface area contributed by atoms with Crippen molar-refractivity contribution in [3.63, 3.8) is 0 Å². The molecule has 1 aliphatic rings. The minimum Gasteiger partial charge on any atom is -0.478 e. The van der Waals surface area contributed by atoms with E-state index < -0.39 is 47.0 Å². The van der Waals surface area contributed by atoms with Crippen molar-refractivity contribution in [1.29, 1.82) is 0 Å². The van der Waals surface area contributed by atoms with Crippen LogP contribution in [-0.4, -0.2) is 53.6 Å². The molecule has 1 aliphatic heterocycles. The summed E-state index contributed by atoms with van der Waals surface area (Å²) in [4.78, 5) is 13.8. The lowest BCUT2D eigenvalue weighted by atomic mass is 9.99. The van der Waals surface area contributed by atoms with E-state index in [2.05, 4.69) is 67.7 Å². The van der Waals surface area contributed by atoms with E-state index in [4.69, 9.17) is 27.8 Å². The maximum absolute atomic E-state index is 13.8. The van der Waals surface area contributed by atoms with Crippen LogP contribution in [0.2, 0.25) is 36.3 Å². The topological polar surface area (TPSA) is 72.5 Å². The summed E-state index contributed by atoms with van der Waals surface area (Å²) in [6.45, 7) is 23.2. The Kier molecular flexibility index (Phi) is 13.5. The van der Waals surface area contributed by atoms with Gasteiger partial charge in [0.25, 0.3) is 0 Å². The second-order valence-corrected chi connectivity index (χ2v) is 25.7. The molecule has 272 valence electrons. The van der Waals surface area contributed by atoms with Crippen LogP contribution < -0.4 is 0 Å². The van der Waals surface area contributed by atoms with Crippen LogP contribution in [0.15, 0.2) is 103 Å². The fraction of sp³-hybridized carbons (Fsp3) is 0.488. The number of esters is 1. The van der Waals surface area contributed by atoms with Crippen molar-refractivity contribution in [2.24, 2.45) is 0 Å². The number of carbonyl (C=O) groups excluding carboxylic acids is 1. The number of hydrogen-bond donors (Lipinski definition) is 0. The molecule has 50 heavy (non-hydrogen) atoms. The zero-order valence-electron chi connectivity index (χ0n) is 31.7. The highest BCUT2D eigenvalue weighted by molar-refractivity contribution is 6.74. The molecule has 7 nitrogen and oxygen atoms in total. The molecule has 0 aliphatic carbocycles. The summed E-state index contributed by atoms with van der Waals surface area (Å²) in [6.07, 6.45) is -0.717. The quantitative estimate of drug-likeness (QED) is 0.115. The molecule has 0 amide bonds. The Morgan fingerprint density at radius 2 is 1.14 bits per heavy atom. The first-order valence-electron chi connectivity index (χ1n) is 17.7. The summed E-state index contributed by atoms with van der Waals surface area (Å²) >= 11 is 0. The van der Waals surface area contributed by atoms with Gasteiger partial charge in [0.1, 0.15) is 18.8 Å². The lowest BCUT2D eigenvalue weighted by Crippen LogP contribution is -2.60. The van der Waals surface area contributed by atoms with Gasteiger partial charge in [-0.05, 0) is 59.0 Å². The molecule has 4 atom stereocenters. The highest BCUT2D eigenvalue weighted by atomic mass is 28.4. The zero-order chi connectivity index (χ0) is 36.6. The molecule has 0 bridgehead atoms.